The van der Waals surface area contributed by atoms with Gasteiger partial charge in [-0.1, -0.05) is 0 Å². The molecule has 1 aromatic heterocycles. The van der Waals surface area contributed by atoms with E-state index >= 15 is 0 Å². The topological polar surface area (TPSA) is 103 Å². The average Bonchev–Trinajstić information content (AvgIpc) is 3.34. The van der Waals surface area contributed by atoms with E-state index in [1.807, 2.05) is 13.3 Å². The highest BCUT2D eigenvalue weighted by molar-refractivity contribution is 7.09. The predicted molar refractivity (Wildman–Crippen MR) is 121 cm³/mol. The summed E-state index contributed by atoms with van der Waals surface area (Å²) in [5.74, 6) is -4.49. The first-order chi connectivity index (χ1) is 17.1. The first-order valence-corrected chi connectivity index (χ1v) is 12.5. The highest BCUT2D eigenvalue weighted by Gasteiger charge is 2.46. The van der Waals surface area contributed by atoms with Crippen LogP contribution in [0.5, 0.6) is 0 Å². The van der Waals surface area contributed by atoms with E-state index in [2.05, 4.69) is 20.2 Å². The van der Waals surface area contributed by atoms with Crippen molar-refractivity contribution in [1.82, 2.24) is 14.8 Å². The maximum atomic E-state index is 10.6. The van der Waals surface area contributed by atoms with Crippen molar-refractivity contribution in [1.29, 1.82) is 0 Å². The molecule has 37 heavy (non-hydrogen) atoms. The molecule has 1 aliphatic carbocycles. The molecule has 1 unspecified atom stereocenters. The standard InChI is InChI=1S/C18H29N3OS.2C2HF3O2/c1-22-13-16-10-18(14-21(16)12-17-19-6-9-23-17)4-7-20(8-5-18)11-15-2-3-15;2*3-2(4,5)1(6)7/h6,9,15-16H,2-5,7-8,10-14H2,1H3;2*(H,6,7). The van der Waals surface area contributed by atoms with Crippen molar-refractivity contribution >= 4 is 23.3 Å². The molecule has 3 aliphatic rings. The predicted octanol–water partition coefficient (Wildman–Crippen LogP) is 4.12. The summed E-state index contributed by atoms with van der Waals surface area (Å²) in [6.07, 6.45) is -1.25. The molecule has 0 radical (unpaired) electrons. The zero-order chi connectivity index (χ0) is 27.9. The Hall–Kier alpha value is -1.97. The van der Waals surface area contributed by atoms with Crippen LogP contribution in [0.15, 0.2) is 11.6 Å². The average molecular weight is 564 g/mol. The van der Waals surface area contributed by atoms with Crippen LogP contribution in [0.4, 0.5) is 26.3 Å². The smallest absolute Gasteiger partial charge is 0.475 e. The summed E-state index contributed by atoms with van der Waals surface area (Å²) in [6.45, 7) is 7.07. The number of rotatable bonds is 6. The van der Waals surface area contributed by atoms with E-state index in [-0.39, 0.29) is 0 Å². The van der Waals surface area contributed by atoms with E-state index < -0.39 is 24.3 Å². The molecule has 1 spiro atoms. The highest BCUT2D eigenvalue weighted by atomic mass is 32.1. The van der Waals surface area contributed by atoms with Gasteiger partial charge < -0.3 is 19.8 Å². The summed E-state index contributed by atoms with van der Waals surface area (Å²) in [6, 6.07) is 0.568. The Labute approximate surface area is 214 Å². The van der Waals surface area contributed by atoms with Gasteiger partial charge in [0.25, 0.3) is 0 Å². The molecule has 3 fully saturated rings. The number of likely N-dealkylation sites (tertiary alicyclic amines) is 2. The summed E-state index contributed by atoms with van der Waals surface area (Å²) in [5, 5.41) is 17.6. The number of halogens is 6. The number of hydrogen-bond acceptors (Lipinski definition) is 7. The van der Waals surface area contributed by atoms with E-state index in [9.17, 15) is 26.3 Å². The maximum Gasteiger partial charge on any atom is 0.490 e. The van der Waals surface area contributed by atoms with Gasteiger partial charge in [0.15, 0.2) is 0 Å². The minimum absolute atomic E-state index is 0.528. The van der Waals surface area contributed by atoms with Crippen molar-refractivity contribution in [2.45, 2.75) is 57.0 Å². The summed E-state index contributed by atoms with van der Waals surface area (Å²) < 4.78 is 69.0. The van der Waals surface area contributed by atoms with Gasteiger partial charge in [-0.15, -0.1) is 11.3 Å². The van der Waals surface area contributed by atoms with Crippen molar-refractivity contribution in [2.24, 2.45) is 11.3 Å². The number of hydrogen-bond donors (Lipinski definition) is 2. The molecule has 1 aromatic rings. The molecular formula is C22H31F6N3O5S. The van der Waals surface area contributed by atoms with Crippen LogP contribution in [0.1, 0.15) is 37.1 Å². The number of methoxy groups -OCH3 is 1. The number of carboxylic acid groups (broad SMARTS) is 2. The molecule has 212 valence electrons. The maximum absolute atomic E-state index is 10.6. The monoisotopic (exact) mass is 563 g/mol. The van der Waals surface area contributed by atoms with Gasteiger partial charge >= 0.3 is 24.3 Å². The van der Waals surface area contributed by atoms with Gasteiger partial charge in [0.05, 0.1) is 13.2 Å². The highest BCUT2D eigenvalue weighted by Crippen LogP contribution is 2.44. The van der Waals surface area contributed by atoms with Crippen LogP contribution in [-0.4, -0.2) is 95.2 Å². The Morgan fingerprint density at radius 3 is 2.05 bits per heavy atom. The van der Waals surface area contributed by atoms with Gasteiger partial charge in [-0.3, -0.25) is 4.90 Å². The first-order valence-electron chi connectivity index (χ1n) is 11.6. The summed E-state index contributed by atoms with van der Waals surface area (Å²) in [5.41, 5.74) is 0.528. The lowest BCUT2D eigenvalue weighted by atomic mass is 9.76. The molecule has 2 aliphatic heterocycles. The lowest BCUT2D eigenvalue weighted by Gasteiger charge is -2.39. The molecule has 0 aromatic carbocycles. The number of nitrogens with zero attached hydrogens (tertiary/aromatic N) is 3. The molecular weight excluding hydrogens is 532 g/mol. The molecule has 4 rings (SSSR count). The Morgan fingerprint density at radius 2 is 1.65 bits per heavy atom. The molecule has 8 nitrogen and oxygen atoms in total. The molecule has 2 N–H and O–H groups in total. The van der Waals surface area contributed by atoms with Gasteiger partial charge in [-0.2, -0.15) is 26.3 Å². The largest absolute Gasteiger partial charge is 0.490 e. The van der Waals surface area contributed by atoms with Crippen LogP contribution in [0.3, 0.4) is 0 Å². The lowest BCUT2D eigenvalue weighted by Crippen LogP contribution is -2.42. The van der Waals surface area contributed by atoms with Crippen molar-refractivity contribution < 1.29 is 50.9 Å². The minimum Gasteiger partial charge on any atom is -0.475 e. The minimum atomic E-state index is -5.08. The molecule has 3 heterocycles. The van der Waals surface area contributed by atoms with Gasteiger partial charge in [0, 0.05) is 37.8 Å². The number of carbonyl (C=O) groups is 2. The third kappa shape index (κ3) is 10.7. The zero-order valence-corrected chi connectivity index (χ0v) is 21.0. The fraction of sp³-hybridized carbons (Fsp3) is 0.773. The third-order valence-electron chi connectivity index (χ3n) is 6.52. The number of aliphatic carboxylic acids is 2. The molecule has 15 heteroatoms. The van der Waals surface area contributed by atoms with Crippen LogP contribution < -0.4 is 0 Å². The summed E-state index contributed by atoms with van der Waals surface area (Å²) in [7, 11) is 1.84. The molecule has 0 amide bonds. The fourth-order valence-electron chi connectivity index (χ4n) is 4.54. The third-order valence-corrected chi connectivity index (χ3v) is 7.28. The van der Waals surface area contributed by atoms with Gasteiger partial charge in [-0.05, 0) is 56.5 Å². The Morgan fingerprint density at radius 1 is 1.11 bits per heavy atom. The Kier molecular flexibility index (Phi) is 11.1. The van der Waals surface area contributed by atoms with Gasteiger partial charge in [0.1, 0.15) is 5.01 Å². The van der Waals surface area contributed by atoms with Crippen molar-refractivity contribution in [3.05, 3.63) is 16.6 Å². The van der Waals surface area contributed by atoms with Crippen LogP contribution in [0.25, 0.3) is 0 Å². The fourth-order valence-corrected chi connectivity index (χ4v) is 5.18. The van der Waals surface area contributed by atoms with Crippen LogP contribution in [0, 0.1) is 11.3 Å². The van der Waals surface area contributed by atoms with Crippen molar-refractivity contribution in [3.63, 3.8) is 0 Å². The summed E-state index contributed by atoms with van der Waals surface area (Å²) in [4.78, 5) is 27.6. The number of thiazole rings is 1. The molecule has 0 bridgehead atoms. The van der Waals surface area contributed by atoms with E-state index in [1.54, 1.807) is 11.3 Å². The Bertz CT molecular complexity index is 832. The second-order valence-electron chi connectivity index (χ2n) is 9.49. The number of aromatic nitrogens is 1. The van der Waals surface area contributed by atoms with Gasteiger partial charge in [0.2, 0.25) is 0 Å². The van der Waals surface area contributed by atoms with E-state index in [4.69, 9.17) is 24.5 Å². The zero-order valence-electron chi connectivity index (χ0n) is 20.2. The van der Waals surface area contributed by atoms with Crippen LogP contribution >= 0.6 is 11.3 Å². The van der Waals surface area contributed by atoms with E-state index in [1.165, 1.54) is 63.3 Å². The summed E-state index contributed by atoms with van der Waals surface area (Å²) >= 11 is 1.78. The second-order valence-corrected chi connectivity index (χ2v) is 10.5. The van der Waals surface area contributed by atoms with Crippen LogP contribution in [-0.2, 0) is 20.9 Å². The second kappa shape index (κ2) is 13.2. The quantitative estimate of drug-likeness (QED) is 0.499. The molecule has 1 atom stereocenters. The Balaban J connectivity index is 0.000000286. The number of carboxylic acids is 2. The normalized spacial score (nSPS) is 22.1. The van der Waals surface area contributed by atoms with Crippen molar-refractivity contribution in [2.75, 3.05) is 39.9 Å². The van der Waals surface area contributed by atoms with E-state index in [0.29, 0.717) is 11.5 Å². The van der Waals surface area contributed by atoms with Gasteiger partial charge in [-0.25, -0.2) is 14.6 Å². The SMILES string of the molecule is COCC1CC2(CCN(CC3CC3)CC2)CN1Cc1nccs1.O=C(O)C(F)(F)F.O=C(O)C(F)(F)F. The van der Waals surface area contributed by atoms with E-state index in [0.717, 1.165) is 19.1 Å². The van der Waals surface area contributed by atoms with Crippen LogP contribution in [0.2, 0.25) is 0 Å². The first kappa shape index (κ1) is 31.2. The number of ether oxygens (including phenoxy) is 1. The lowest BCUT2D eigenvalue weighted by molar-refractivity contribution is -0.193. The molecule has 2 saturated heterocycles. The number of alkyl halides is 6. The molecule has 1 saturated carbocycles. The number of piperidine rings is 1. The van der Waals surface area contributed by atoms with Crippen molar-refractivity contribution in [3.8, 4) is 0 Å².